The van der Waals surface area contributed by atoms with Crippen LogP contribution in [0.5, 0.6) is 0 Å². The van der Waals surface area contributed by atoms with E-state index in [0.29, 0.717) is 17.5 Å². The number of likely N-dealkylation sites (N-methyl/N-ethyl adjacent to an activating group) is 2. The normalized spacial score (nSPS) is 20.9. The molecule has 1 aromatic heterocycles. The van der Waals surface area contributed by atoms with Crippen molar-refractivity contribution in [3.05, 3.63) is 15.8 Å². The average molecular weight is 317 g/mol. The van der Waals surface area contributed by atoms with Gasteiger partial charge < -0.3 is 10.6 Å². The topological polar surface area (TPSA) is 66.6 Å². The summed E-state index contributed by atoms with van der Waals surface area (Å²) >= 11 is 1.42. The second-order valence-electron chi connectivity index (χ2n) is 5.44. The van der Waals surface area contributed by atoms with E-state index in [-0.39, 0.29) is 6.54 Å². The molecule has 1 atom stereocenters. The molecular formula is C13H23N3O2S2. The van der Waals surface area contributed by atoms with E-state index < -0.39 is 10.0 Å². The zero-order valence-corrected chi connectivity index (χ0v) is 13.9. The molecule has 1 aliphatic rings. The average Bonchev–Trinajstić information content (AvgIpc) is 2.96. The maximum Gasteiger partial charge on any atom is 0.244 e. The summed E-state index contributed by atoms with van der Waals surface area (Å²) in [7, 11) is 0.278. The number of hydrogen-bond acceptors (Lipinski definition) is 5. The molecule has 114 valence electrons. The number of aryl methyl sites for hydroxylation is 1. The number of nitrogens with zero attached hydrogens (tertiary/aromatic N) is 2. The van der Waals surface area contributed by atoms with Gasteiger partial charge in [-0.25, -0.2) is 8.42 Å². The van der Waals surface area contributed by atoms with Crippen LogP contribution in [0.2, 0.25) is 0 Å². The molecule has 1 fully saturated rings. The van der Waals surface area contributed by atoms with Crippen LogP contribution in [-0.4, -0.2) is 50.8 Å². The van der Waals surface area contributed by atoms with E-state index in [4.69, 9.17) is 5.73 Å². The van der Waals surface area contributed by atoms with E-state index >= 15 is 0 Å². The van der Waals surface area contributed by atoms with E-state index in [1.165, 1.54) is 15.6 Å². The van der Waals surface area contributed by atoms with E-state index in [2.05, 4.69) is 11.9 Å². The lowest BCUT2D eigenvalue weighted by Crippen LogP contribution is -2.39. The minimum absolute atomic E-state index is 0.268. The lowest BCUT2D eigenvalue weighted by Gasteiger charge is -2.25. The molecule has 0 radical (unpaired) electrons. The van der Waals surface area contributed by atoms with Crippen LogP contribution >= 0.6 is 11.3 Å². The first-order valence-corrected chi connectivity index (χ1v) is 9.13. The Bertz CT molecular complexity index is 568. The molecule has 0 saturated carbocycles. The van der Waals surface area contributed by atoms with Crippen LogP contribution in [0.25, 0.3) is 0 Å². The summed E-state index contributed by atoms with van der Waals surface area (Å²) in [5.41, 5.74) is 6.46. The van der Waals surface area contributed by atoms with Crippen LogP contribution in [0.1, 0.15) is 23.3 Å². The number of rotatable bonds is 5. The van der Waals surface area contributed by atoms with Gasteiger partial charge in [-0.1, -0.05) is 0 Å². The van der Waals surface area contributed by atoms with Gasteiger partial charge in [0.05, 0.1) is 0 Å². The lowest BCUT2D eigenvalue weighted by molar-refractivity contribution is 0.271. The van der Waals surface area contributed by atoms with Gasteiger partial charge in [-0.15, -0.1) is 11.3 Å². The van der Waals surface area contributed by atoms with Crippen molar-refractivity contribution in [1.29, 1.82) is 0 Å². The monoisotopic (exact) mass is 317 g/mol. The summed E-state index contributed by atoms with van der Waals surface area (Å²) in [5, 5.41) is 1.87. The molecule has 0 aromatic carbocycles. The Morgan fingerprint density at radius 2 is 2.25 bits per heavy atom. The van der Waals surface area contributed by atoms with Crippen LogP contribution in [-0.2, 0) is 16.6 Å². The van der Waals surface area contributed by atoms with Gasteiger partial charge >= 0.3 is 0 Å². The highest BCUT2D eigenvalue weighted by atomic mass is 32.2. The van der Waals surface area contributed by atoms with Crippen molar-refractivity contribution < 1.29 is 8.42 Å². The Balaban J connectivity index is 2.23. The maximum absolute atomic E-state index is 12.7. The zero-order valence-electron chi connectivity index (χ0n) is 12.3. The summed E-state index contributed by atoms with van der Waals surface area (Å²) < 4.78 is 27.0. The summed E-state index contributed by atoms with van der Waals surface area (Å²) in [6.45, 7) is 3.69. The van der Waals surface area contributed by atoms with Crippen LogP contribution in [0, 0.1) is 6.92 Å². The lowest BCUT2D eigenvalue weighted by atomic mass is 10.2. The molecule has 2 N–H and O–H groups in total. The van der Waals surface area contributed by atoms with Gasteiger partial charge in [-0.05, 0) is 44.3 Å². The molecule has 1 saturated heterocycles. The summed E-state index contributed by atoms with van der Waals surface area (Å²) in [5.74, 6) is 0. The highest BCUT2D eigenvalue weighted by Crippen LogP contribution is 2.29. The quantitative estimate of drug-likeness (QED) is 0.887. The van der Waals surface area contributed by atoms with Gasteiger partial charge in [0.2, 0.25) is 10.0 Å². The number of likely N-dealkylation sites (tertiary alicyclic amines) is 1. The molecule has 2 heterocycles. The van der Waals surface area contributed by atoms with Crippen LogP contribution in [0.15, 0.2) is 10.3 Å². The van der Waals surface area contributed by atoms with Gasteiger partial charge in [-0.2, -0.15) is 4.31 Å². The fraction of sp³-hybridized carbons (Fsp3) is 0.692. The van der Waals surface area contributed by atoms with Gasteiger partial charge in [0.15, 0.2) is 0 Å². The summed E-state index contributed by atoms with van der Waals surface area (Å²) in [4.78, 5) is 3.39. The van der Waals surface area contributed by atoms with Crippen molar-refractivity contribution in [2.45, 2.75) is 37.2 Å². The first-order valence-electron chi connectivity index (χ1n) is 6.81. The zero-order chi connectivity index (χ0) is 14.9. The highest BCUT2D eigenvalue weighted by Gasteiger charge is 2.31. The third kappa shape index (κ3) is 2.92. The van der Waals surface area contributed by atoms with Crippen molar-refractivity contribution in [1.82, 2.24) is 9.21 Å². The number of nitrogens with two attached hydrogens (primary N) is 1. The molecule has 0 spiro atoms. The molecular weight excluding hydrogens is 294 g/mol. The van der Waals surface area contributed by atoms with Gasteiger partial charge in [0.1, 0.15) is 4.90 Å². The van der Waals surface area contributed by atoms with Crippen molar-refractivity contribution >= 4 is 21.4 Å². The summed E-state index contributed by atoms with van der Waals surface area (Å²) in [6.07, 6.45) is 2.20. The predicted octanol–water partition coefficient (Wildman–Crippen LogP) is 1.23. The SMILES string of the molecule is Cc1csc(CN)c1S(=O)(=O)N(C)CC1CCCN1C. The molecule has 0 bridgehead atoms. The molecule has 7 heteroatoms. The minimum atomic E-state index is -3.44. The molecule has 5 nitrogen and oxygen atoms in total. The molecule has 0 amide bonds. The standard InChI is InChI=1S/C13H23N3O2S2/c1-10-9-19-12(7-14)13(10)20(17,18)16(3)8-11-5-4-6-15(11)2/h9,11H,4-8,14H2,1-3H3. The smallest absolute Gasteiger partial charge is 0.244 e. The predicted molar refractivity (Wildman–Crippen MR) is 82.4 cm³/mol. The Morgan fingerprint density at radius 1 is 1.55 bits per heavy atom. The van der Waals surface area contributed by atoms with Crippen LogP contribution < -0.4 is 5.73 Å². The fourth-order valence-electron chi connectivity index (χ4n) is 2.74. The minimum Gasteiger partial charge on any atom is -0.326 e. The molecule has 1 aliphatic heterocycles. The second-order valence-corrected chi connectivity index (χ2v) is 8.38. The number of thiophene rings is 1. The molecule has 2 rings (SSSR count). The van der Waals surface area contributed by atoms with E-state index in [1.54, 1.807) is 7.05 Å². The van der Waals surface area contributed by atoms with Gasteiger partial charge in [0, 0.05) is 31.1 Å². The molecule has 20 heavy (non-hydrogen) atoms. The van der Waals surface area contributed by atoms with Crippen molar-refractivity contribution in [3.63, 3.8) is 0 Å². The van der Waals surface area contributed by atoms with Gasteiger partial charge in [-0.3, -0.25) is 0 Å². The Kier molecular flexibility index (Phi) is 4.86. The maximum atomic E-state index is 12.7. The van der Waals surface area contributed by atoms with Crippen molar-refractivity contribution in [2.24, 2.45) is 5.73 Å². The van der Waals surface area contributed by atoms with Crippen molar-refractivity contribution in [2.75, 3.05) is 27.2 Å². The fourth-order valence-corrected chi connectivity index (χ4v) is 5.59. The van der Waals surface area contributed by atoms with Crippen LogP contribution in [0.3, 0.4) is 0 Å². The Morgan fingerprint density at radius 3 is 2.80 bits per heavy atom. The third-order valence-corrected chi connectivity index (χ3v) is 7.29. The first kappa shape index (κ1) is 15.9. The number of sulfonamides is 1. The van der Waals surface area contributed by atoms with Gasteiger partial charge in [0.25, 0.3) is 0 Å². The Labute approximate surface area is 125 Å². The third-order valence-electron chi connectivity index (χ3n) is 3.98. The van der Waals surface area contributed by atoms with Crippen LogP contribution in [0.4, 0.5) is 0 Å². The van der Waals surface area contributed by atoms with E-state index in [0.717, 1.165) is 29.8 Å². The van der Waals surface area contributed by atoms with E-state index in [1.807, 2.05) is 12.3 Å². The largest absolute Gasteiger partial charge is 0.326 e. The highest BCUT2D eigenvalue weighted by molar-refractivity contribution is 7.89. The molecule has 1 aromatic rings. The Hall–Kier alpha value is -0.470. The summed E-state index contributed by atoms with van der Waals surface area (Å²) in [6, 6.07) is 0.315. The first-order chi connectivity index (χ1) is 9.37. The second kappa shape index (κ2) is 6.11. The van der Waals surface area contributed by atoms with E-state index in [9.17, 15) is 8.42 Å². The molecule has 0 aliphatic carbocycles. The van der Waals surface area contributed by atoms with Crippen molar-refractivity contribution in [3.8, 4) is 0 Å². The molecule has 1 unspecified atom stereocenters. The number of hydrogen-bond donors (Lipinski definition) is 1.